The van der Waals surface area contributed by atoms with Crippen LogP contribution in [0.5, 0.6) is 0 Å². The van der Waals surface area contributed by atoms with Crippen LogP contribution in [0.3, 0.4) is 0 Å². The summed E-state index contributed by atoms with van der Waals surface area (Å²) in [5, 5.41) is 4.09. The largest absolute Gasteiger partial charge is 0.416 e. The molecule has 1 saturated heterocycles. The van der Waals surface area contributed by atoms with E-state index in [1.54, 1.807) is 19.2 Å². The minimum atomic E-state index is -4.48. The number of nitrogens with two attached hydrogens (primary N) is 1. The molecule has 1 aliphatic rings. The molecular formula is C25H33F3N8. The first kappa shape index (κ1) is 25.7. The molecule has 36 heavy (non-hydrogen) atoms. The molecule has 1 aliphatic heterocycles. The molecule has 8 nitrogen and oxygen atoms in total. The van der Waals surface area contributed by atoms with Crippen molar-refractivity contribution in [3.05, 3.63) is 41.6 Å². The lowest BCUT2D eigenvalue weighted by atomic mass is 10.0. The van der Waals surface area contributed by atoms with E-state index in [2.05, 4.69) is 20.1 Å². The Balaban J connectivity index is 1.73. The summed E-state index contributed by atoms with van der Waals surface area (Å²) in [6.45, 7) is 5.19. The molecule has 1 fully saturated rings. The molecule has 0 unspecified atom stereocenters. The lowest BCUT2D eigenvalue weighted by molar-refractivity contribution is -0.137. The number of hydrogen-bond acceptors (Lipinski definition) is 8. The van der Waals surface area contributed by atoms with Crippen molar-refractivity contribution in [1.82, 2.24) is 19.9 Å². The SMILES string of the molecule is C[C@@H](Nc1nc(N(C)CCN(C)C)nc2cnc(N3CCCC3)cc12)c1cc(N)cc(C(F)(F)F)c1. The molecule has 3 aromatic rings. The fraction of sp³-hybridized carbons (Fsp3) is 0.480. The monoisotopic (exact) mass is 502 g/mol. The Morgan fingerprint density at radius 3 is 2.44 bits per heavy atom. The van der Waals surface area contributed by atoms with Gasteiger partial charge in [0.05, 0.1) is 23.3 Å². The molecule has 0 spiro atoms. The third-order valence-corrected chi connectivity index (χ3v) is 6.37. The van der Waals surface area contributed by atoms with Gasteiger partial charge in [0, 0.05) is 44.3 Å². The van der Waals surface area contributed by atoms with Crippen molar-refractivity contribution in [2.75, 3.05) is 68.2 Å². The van der Waals surface area contributed by atoms with E-state index in [1.165, 1.54) is 0 Å². The summed E-state index contributed by atoms with van der Waals surface area (Å²) in [4.78, 5) is 20.4. The lowest BCUT2D eigenvalue weighted by Crippen LogP contribution is -2.30. The number of aromatic nitrogens is 3. The number of anilines is 4. The molecule has 0 radical (unpaired) electrons. The third-order valence-electron chi connectivity index (χ3n) is 6.37. The Labute approximate surface area is 209 Å². The van der Waals surface area contributed by atoms with Gasteiger partial charge in [-0.25, -0.2) is 9.97 Å². The Kier molecular flexibility index (Phi) is 7.39. The van der Waals surface area contributed by atoms with Crippen LogP contribution in [0, 0.1) is 0 Å². The number of pyridine rings is 1. The summed E-state index contributed by atoms with van der Waals surface area (Å²) in [5.41, 5.74) is 6.18. The zero-order valence-corrected chi connectivity index (χ0v) is 21.1. The predicted molar refractivity (Wildman–Crippen MR) is 138 cm³/mol. The number of alkyl halides is 3. The Hall–Kier alpha value is -3.34. The fourth-order valence-corrected chi connectivity index (χ4v) is 4.24. The highest BCUT2D eigenvalue weighted by molar-refractivity contribution is 5.91. The van der Waals surface area contributed by atoms with Crippen LogP contribution in [0.4, 0.5) is 36.4 Å². The van der Waals surface area contributed by atoms with Crippen molar-refractivity contribution in [2.45, 2.75) is 32.0 Å². The molecule has 3 heterocycles. The number of likely N-dealkylation sites (N-methyl/N-ethyl adjacent to an activating group) is 2. The van der Waals surface area contributed by atoms with Gasteiger partial charge in [-0.05, 0) is 63.7 Å². The quantitative estimate of drug-likeness (QED) is 0.439. The summed E-state index contributed by atoms with van der Waals surface area (Å²) in [6, 6.07) is 5.09. The summed E-state index contributed by atoms with van der Waals surface area (Å²) < 4.78 is 40.2. The second-order valence-corrected chi connectivity index (χ2v) is 9.60. The number of nitrogens with one attached hydrogen (secondary N) is 1. The molecule has 1 aromatic carbocycles. The molecule has 0 aliphatic carbocycles. The Morgan fingerprint density at radius 2 is 1.78 bits per heavy atom. The molecule has 194 valence electrons. The van der Waals surface area contributed by atoms with E-state index in [9.17, 15) is 13.2 Å². The second kappa shape index (κ2) is 10.3. The van der Waals surface area contributed by atoms with E-state index >= 15 is 0 Å². The fourth-order valence-electron chi connectivity index (χ4n) is 4.24. The topological polar surface area (TPSA) is 86.4 Å². The highest BCUT2D eigenvalue weighted by atomic mass is 19.4. The number of halogens is 3. The van der Waals surface area contributed by atoms with Crippen LogP contribution in [0.25, 0.3) is 10.9 Å². The zero-order valence-electron chi connectivity index (χ0n) is 21.1. The maximum atomic E-state index is 13.4. The smallest absolute Gasteiger partial charge is 0.399 e. The van der Waals surface area contributed by atoms with Crippen molar-refractivity contribution in [3.63, 3.8) is 0 Å². The second-order valence-electron chi connectivity index (χ2n) is 9.60. The average molecular weight is 503 g/mol. The Bertz CT molecular complexity index is 1210. The Morgan fingerprint density at radius 1 is 1.06 bits per heavy atom. The number of nitrogen functional groups attached to an aromatic ring is 1. The van der Waals surface area contributed by atoms with Crippen LogP contribution in [0.1, 0.15) is 36.9 Å². The molecule has 1 atom stereocenters. The van der Waals surface area contributed by atoms with Crippen LogP contribution >= 0.6 is 0 Å². The summed E-state index contributed by atoms with van der Waals surface area (Å²) in [6.07, 6.45) is -0.508. The third kappa shape index (κ3) is 5.89. The van der Waals surface area contributed by atoms with E-state index in [1.807, 2.05) is 32.1 Å². The van der Waals surface area contributed by atoms with Gasteiger partial charge in [-0.15, -0.1) is 0 Å². The molecule has 0 amide bonds. The maximum absolute atomic E-state index is 13.4. The number of hydrogen-bond donors (Lipinski definition) is 2. The minimum Gasteiger partial charge on any atom is -0.399 e. The number of fused-ring (bicyclic) bond motifs is 1. The van der Waals surface area contributed by atoms with Gasteiger partial charge in [0.1, 0.15) is 11.6 Å². The van der Waals surface area contributed by atoms with Crippen molar-refractivity contribution >= 4 is 34.2 Å². The molecule has 3 N–H and O–H groups in total. The average Bonchev–Trinajstić information content (AvgIpc) is 3.36. The van der Waals surface area contributed by atoms with E-state index in [0.717, 1.165) is 55.8 Å². The van der Waals surface area contributed by atoms with Gasteiger partial charge in [0.2, 0.25) is 5.95 Å². The zero-order chi connectivity index (χ0) is 26.0. The molecule has 0 bridgehead atoms. The minimum absolute atomic E-state index is 0.0608. The van der Waals surface area contributed by atoms with Gasteiger partial charge in [-0.2, -0.15) is 18.2 Å². The number of benzene rings is 1. The van der Waals surface area contributed by atoms with Crippen LogP contribution in [-0.2, 0) is 6.18 Å². The first-order valence-corrected chi connectivity index (χ1v) is 12.0. The van der Waals surface area contributed by atoms with E-state index in [-0.39, 0.29) is 5.69 Å². The van der Waals surface area contributed by atoms with Crippen molar-refractivity contribution in [1.29, 1.82) is 0 Å². The highest BCUT2D eigenvalue weighted by Gasteiger charge is 2.31. The maximum Gasteiger partial charge on any atom is 0.416 e. The van der Waals surface area contributed by atoms with Gasteiger partial charge in [-0.3, -0.25) is 0 Å². The standard InChI is InChI=1S/C25H33F3N8/c1-16(17-11-18(25(26,27)28)13-19(29)12-17)31-23-20-14-22(36-7-5-6-8-36)30-15-21(20)32-24(33-23)35(4)10-9-34(2)3/h11-16H,5-10,29H2,1-4H3,(H,31,32,33)/t16-/m1/s1. The molecule has 4 rings (SSSR count). The van der Waals surface area contributed by atoms with Crippen LogP contribution in [0.15, 0.2) is 30.5 Å². The van der Waals surface area contributed by atoms with E-state index in [0.29, 0.717) is 29.4 Å². The van der Waals surface area contributed by atoms with E-state index in [4.69, 9.17) is 15.7 Å². The van der Waals surface area contributed by atoms with Gasteiger partial charge in [0.15, 0.2) is 0 Å². The first-order valence-electron chi connectivity index (χ1n) is 12.0. The van der Waals surface area contributed by atoms with Gasteiger partial charge >= 0.3 is 6.18 Å². The van der Waals surface area contributed by atoms with Crippen LogP contribution < -0.4 is 20.9 Å². The number of nitrogens with zero attached hydrogens (tertiary/aromatic N) is 6. The van der Waals surface area contributed by atoms with Crippen LogP contribution in [0.2, 0.25) is 0 Å². The summed E-state index contributed by atoms with van der Waals surface area (Å²) in [7, 11) is 5.90. The molecule has 2 aromatic heterocycles. The van der Waals surface area contributed by atoms with Crippen molar-refractivity contribution in [2.24, 2.45) is 0 Å². The van der Waals surface area contributed by atoms with E-state index < -0.39 is 17.8 Å². The van der Waals surface area contributed by atoms with Gasteiger partial charge in [0.25, 0.3) is 0 Å². The predicted octanol–water partition coefficient (Wildman–Crippen LogP) is 4.40. The van der Waals surface area contributed by atoms with Crippen LogP contribution in [-0.4, -0.2) is 67.2 Å². The first-order chi connectivity index (χ1) is 17.0. The number of rotatable bonds is 8. The lowest BCUT2D eigenvalue weighted by Gasteiger charge is -2.23. The molecule has 0 saturated carbocycles. The highest BCUT2D eigenvalue weighted by Crippen LogP contribution is 2.34. The molecular weight excluding hydrogens is 469 g/mol. The van der Waals surface area contributed by atoms with Crippen molar-refractivity contribution in [3.8, 4) is 0 Å². The summed E-state index contributed by atoms with van der Waals surface area (Å²) in [5.74, 6) is 1.90. The summed E-state index contributed by atoms with van der Waals surface area (Å²) >= 11 is 0. The van der Waals surface area contributed by atoms with Gasteiger partial charge in [-0.1, -0.05) is 0 Å². The molecule has 11 heteroatoms. The van der Waals surface area contributed by atoms with Crippen molar-refractivity contribution < 1.29 is 13.2 Å². The van der Waals surface area contributed by atoms with Gasteiger partial charge < -0.3 is 25.8 Å². The normalized spacial score (nSPS) is 15.1.